The molecule has 0 radical (unpaired) electrons. The highest BCUT2D eigenvalue weighted by Crippen LogP contribution is 2.36. The molecule has 7 nitrogen and oxygen atoms in total. The summed E-state index contributed by atoms with van der Waals surface area (Å²) in [5, 5.41) is 0. The second kappa shape index (κ2) is 17.5. The standard InChI is InChI=1S/C38H50O7/c1-28-22-34(44-35(23-28)19-21-39)18-20-38(3,4)37-13-9-12-33(45-37)24-36(42-26-31-14-16-32(40-5)17-15-31)29(2)43-27-41-25-30-10-7-6-8-11-30/h6-8,10-11,13-18,20-21,29,33-36H,1,9,12,19,22-27H2,2-5H3/b20-18+/t29-,33+,34+,35-,36-/m1/s1. The van der Waals surface area contributed by atoms with Crippen LogP contribution in [0.2, 0.25) is 0 Å². The molecule has 0 unspecified atom stereocenters. The number of carbonyl (C=O) groups excluding carboxylic acids is 1. The van der Waals surface area contributed by atoms with E-state index in [1.807, 2.05) is 61.5 Å². The Labute approximate surface area is 269 Å². The molecule has 0 amide bonds. The number of carbonyl (C=O) groups is 1. The molecular weight excluding hydrogens is 568 g/mol. The summed E-state index contributed by atoms with van der Waals surface area (Å²) < 4.78 is 36.5. The number of rotatable bonds is 17. The normalized spacial score (nSPS) is 22.0. The maximum absolute atomic E-state index is 11.0. The maximum atomic E-state index is 11.0. The van der Waals surface area contributed by atoms with Crippen molar-refractivity contribution >= 4 is 6.29 Å². The van der Waals surface area contributed by atoms with Crippen molar-refractivity contribution in [1.82, 2.24) is 0 Å². The van der Waals surface area contributed by atoms with Crippen LogP contribution in [-0.2, 0) is 41.7 Å². The lowest BCUT2D eigenvalue weighted by Gasteiger charge is -2.35. The van der Waals surface area contributed by atoms with Gasteiger partial charge in [0.15, 0.2) is 0 Å². The fourth-order valence-corrected chi connectivity index (χ4v) is 5.67. The molecule has 0 bridgehead atoms. The van der Waals surface area contributed by atoms with Gasteiger partial charge in [-0.05, 0) is 75.8 Å². The lowest BCUT2D eigenvalue weighted by atomic mass is 9.86. The molecule has 45 heavy (non-hydrogen) atoms. The van der Waals surface area contributed by atoms with E-state index in [1.165, 1.54) is 0 Å². The molecule has 0 N–H and O–H groups in total. The van der Waals surface area contributed by atoms with E-state index < -0.39 is 0 Å². The summed E-state index contributed by atoms with van der Waals surface area (Å²) in [6.45, 7) is 11.6. The number of hydrogen-bond acceptors (Lipinski definition) is 7. The Balaban J connectivity index is 1.36. The predicted octanol–water partition coefficient (Wildman–Crippen LogP) is 7.89. The topological polar surface area (TPSA) is 72.5 Å². The average Bonchev–Trinajstić information content (AvgIpc) is 3.05. The van der Waals surface area contributed by atoms with Crippen LogP contribution in [0.15, 0.2) is 90.7 Å². The van der Waals surface area contributed by atoms with E-state index in [-0.39, 0.29) is 42.7 Å². The van der Waals surface area contributed by atoms with E-state index in [2.05, 4.69) is 38.7 Å². The van der Waals surface area contributed by atoms with Crippen molar-refractivity contribution in [2.45, 2.75) is 103 Å². The Morgan fingerprint density at radius 1 is 1.00 bits per heavy atom. The first kappa shape index (κ1) is 34.6. The smallest absolute Gasteiger partial charge is 0.147 e. The van der Waals surface area contributed by atoms with Crippen molar-refractivity contribution in [3.63, 3.8) is 0 Å². The Bertz CT molecular complexity index is 1250. The fourth-order valence-electron chi connectivity index (χ4n) is 5.67. The van der Waals surface area contributed by atoms with Gasteiger partial charge in [-0.25, -0.2) is 0 Å². The molecule has 5 atom stereocenters. The monoisotopic (exact) mass is 618 g/mol. The van der Waals surface area contributed by atoms with E-state index in [0.717, 1.165) is 60.2 Å². The highest BCUT2D eigenvalue weighted by Gasteiger charge is 2.32. The zero-order valence-corrected chi connectivity index (χ0v) is 27.3. The number of ether oxygens (including phenoxy) is 6. The van der Waals surface area contributed by atoms with Crippen molar-refractivity contribution in [1.29, 1.82) is 0 Å². The van der Waals surface area contributed by atoms with Crippen LogP contribution in [0.25, 0.3) is 0 Å². The number of allylic oxidation sites excluding steroid dienone is 2. The van der Waals surface area contributed by atoms with E-state index in [9.17, 15) is 4.79 Å². The molecule has 0 aromatic heterocycles. The fraction of sp³-hybridized carbons (Fsp3) is 0.500. The predicted molar refractivity (Wildman–Crippen MR) is 176 cm³/mol. The zero-order valence-electron chi connectivity index (χ0n) is 27.3. The maximum Gasteiger partial charge on any atom is 0.147 e. The molecule has 2 aliphatic heterocycles. The van der Waals surface area contributed by atoms with Crippen LogP contribution in [0.4, 0.5) is 0 Å². The third-order valence-electron chi connectivity index (χ3n) is 8.37. The van der Waals surface area contributed by atoms with Gasteiger partial charge in [0.2, 0.25) is 0 Å². The van der Waals surface area contributed by atoms with Gasteiger partial charge in [0.05, 0.1) is 44.7 Å². The Hall–Kier alpha value is -3.23. The van der Waals surface area contributed by atoms with Crippen molar-refractivity contribution in [3.8, 4) is 5.75 Å². The third kappa shape index (κ3) is 11.3. The van der Waals surface area contributed by atoms with Crippen LogP contribution in [-0.4, -0.2) is 50.7 Å². The number of benzene rings is 2. The van der Waals surface area contributed by atoms with E-state index in [0.29, 0.717) is 26.1 Å². The highest BCUT2D eigenvalue weighted by atomic mass is 16.7. The summed E-state index contributed by atoms with van der Waals surface area (Å²) in [4.78, 5) is 11.0. The molecule has 0 spiro atoms. The number of methoxy groups -OCH3 is 1. The van der Waals surface area contributed by atoms with E-state index in [4.69, 9.17) is 28.4 Å². The summed E-state index contributed by atoms with van der Waals surface area (Å²) in [6, 6.07) is 18.0. The molecule has 244 valence electrons. The first-order chi connectivity index (χ1) is 21.8. The molecule has 7 heteroatoms. The highest BCUT2D eigenvalue weighted by molar-refractivity contribution is 5.50. The largest absolute Gasteiger partial charge is 0.497 e. The van der Waals surface area contributed by atoms with Crippen molar-refractivity contribution in [3.05, 3.63) is 102 Å². The van der Waals surface area contributed by atoms with Crippen LogP contribution in [0.1, 0.15) is 70.4 Å². The van der Waals surface area contributed by atoms with Gasteiger partial charge in [-0.1, -0.05) is 66.8 Å². The molecule has 1 saturated heterocycles. The van der Waals surface area contributed by atoms with Gasteiger partial charge < -0.3 is 33.2 Å². The van der Waals surface area contributed by atoms with Gasteiger partial charge >= 0.3 is 0 Å². The first-order valence-electron chi connectivity index (χ1n) is 16.1. The van der Waals surface area contributed by atoms with Gasteiger partial charge in [-0.15, -0.1) is 0 Å². The summed E-state index contributed by atoms with van der Waals surface area (Å²) in [5.74, 6) is 1.76. The Morgan fingerprint density at radius 3 is 2.49 bits per heavy atom. The third-order valence-corrected chi connectivity index (χ3v) is 8.37. The SMILES string of the molecule is C=C1C[C@@H](CC=O)O[C@@H](/C=C/C(C)(C)C2=CCC[C@@H](C[C@@H](OCc3ccc(OC)cc3)[C@@H](C)OCOCc3ccccc3)O2)C1. The second-order valence-electron chi connectivity index (χ2n) is 12.6. The lowest BCUT2D eigenvalue weighted by Crippen LogP contribution is -2.35. The van der Waals surface area contributed by atoms with Gasteiger partial charge in [0.25, 0.3) is 0 Å². The lowest BCUT2D eigenvalue weighted by molar-refractivity contribution is -0.147. The van der Waals surface area contributed by atoms with Gasteiger partial charge in [0, 0.05) is 18.3 Å². The first-order valence-corrected chi connectivity index (χ1v) is 16.1. The van der Waals surface area contributed by atoms with Gasteiger partial charge in [-0.2, -0.15) is 0 Å². The van der Waals surface area contributed by atoms with E-state index >= 15 is 0 Å². The average molecular weight is 619 g/mol. The van der Waals surface area contributed by atoms with Crippen molar-refractivity contribution in [2.75, 3.05) is 13.9 Å². The summed E-state index contributed by atoms with van der Waals surface area (Å²) >= 11 is 0. The number of aldehydes is 1. The molecular formula is C38H50O7. The van der Waals surface area contributed by atoms with E-state index in [1.54, 1.807) is 7.11 Å². The van der Waals surface area contributed by atoms with Crippen LogP contribution in [0.5, 0.6) is 5.75 Å². The van der Waals surface area contributed by atoms with Crippen LogP contribution in [0, 0.1) is 5.41 Å². The zero-order chi connectivity index (χ0) is 32.1. The summed E-state index contributed by atoms with van der Waals surface area (Å²) in [6.07, 6.45) is 11.2. The molecule has 2 aliphatic rings. The Kier molecular flexibility index (Phi) is 13.4. The minimum Gasteiger partial charge on any atom is -0.497 e. The molecule has 0 saturated carbocycles. The molecule has 2 aromatic rings. The van der Waals surface area contributed by atoms with Crippen molar-refractivity contribution < 1.29 is 33.2 Å². The summed E-state index contributed by atoms with van der Waals surface area (Å²) in [7, 11) is 1.66. The Morgan fingerprint density at radius 2 is 1.76 bits per heavy atom. The van der Waals surface area contributed by atoms with Crippen molar-refractivity contribution in [2.24, 2.45) is 5.41 Å². The number of hydrogen-bond donors (Lipinski definition) is 0. The molecule has 1 fully saturated rings. The minimum atomic E-state index is -0.326. The molecule has 2 aromatic carbocycles. The quantitative estimate of drug-likeness (QED) is 0.0773. The van der Waals surface area contributed by atoms with Crippen LogP contribution in [0.3, 0.4) is 0 Å². The van der Waals surface area contributed by atoms with Crippen LogP contribution < -0.4 is 4.74 Å². The van der Waals surface area contributed by atoms with Crippen LogP contribution >= 0.6 is 0 Å². The van der Waals surface area contributed by atoms with Gasteiger partial charge in [0.1, 0.15) is 30.7 Å². The van der Waals surface area contributed by atoms with Gasteiger partial charge in [-0.3, -0.25) is 0 Å². The molecule has 2 heterocycles. The molecule has 0 aliphatic carbocycles. The minimum absolute atomic E-state index is 0.0162. The summed E-state index contributed by atoms with van der Waals surface area (Å²) in [5.41, 5.74) is 2.96. The molecule has 4 rings (SSSR count). The second-order valence-corrected chi connectivity index (χ2v) is 12.6.